The molecule has 2 aromatic heterocycles. The van der Waals surface area contributed by atoms with Crippen LogP contribution in [-0.4, -0.2) is 23.3 Å². The first-order valence-electron chi connectivity index (χ1n) is 7.75. The summed E-state index contributed by atoms with van der Waals surface area (Å²) in [4.78, 5) is 28.7. The largest absolute Gasteiger partial charge is 0.356 e. The summed E-state index contributed by atoms with van der Waals surface area (Å²) in [6.07, 6.45) is 4.80. The number of carbonyl (C=O) groups excluding carboxylic acids is 2. The first-order valence-corrected chi connectivity index (χ1v) is 9.51. The molecule has 2 aromatic rings. The van der Waals surface area contributed by atoms with Gasteiger partial charge < -0.3 is 5.32 Å². The second kappa shape index (κ2) is 9.42. The van der Waals surface area contributed by atoms with Crippen molar-refractivity contribution in [2.24, 2.45) is 0 Å². The highest BCUT2D eigenvalue weighted by molar-refractivity contribution is 7.14. The summed E-state index contributed by atoms with van der Waals surface area (Å²) in [5, 5.41) is 9.84. The first kappa shape index (κ1) is 17.6. The van der Waals surface area contributed by atoms with Gasteiger partial charge in [-0.1, -0.05) is 32.3 Å². The van der Waals surface area contributed by atoms with Crippen molar-refractivity contribution >= 4 is 39.6 Å². The van der Waals surface area contributed by atoms with E-state index in [9.17, 15) is 9.59 Å². The number of amides is 2. The fourth-order valence-electron chi connectivity index (χ4n) is 2.02. The minimum Gasteiger partial charge on any atom is -0.356 e. The van der Waals surface area contributed by atoms with Gasteiger partial charge in [0.05, 0.1) is 17.0 Å². The maximum absolute atomic E-state index is 11.9. The van der Waals surface area contributed by atoms with Gasteiger partial charge in [0, 0.05) is 11.9 Å². The first-order chi connectivity index (χ1) is 11.2. The van der Waals surface area contributed by atoms with Crippen molar-refractivity contribution in [1.29, 1.82) is 0 Å². The van der Waals surface area contributed by atoms with Gasteiger partial charge in [-0.25, -0.2) is 4.98 Å². The SMILES string of the molecule is CCCCCCNC(=O)Cc1csc(NC(=O)c2cccs2)n1. The number of hydrogen-bond acceptors (Lipinski definition) is 5. The summed E-state index contributed by atoms with van der Waals surface area (Å²) in [5.74, 6) is -0.191. The van der Waals surface area contributed by atoms with Crippen LogP contribution in [0.5, 0.6) is 0 Å². The fraction of sp³-hybridized carbons (Fsp3) is 0.438. The van der Waals surface area contributed by atoms with Gasteiger partial charge in [-0.05, 0) is 17.9 Å². The zero-order valence-corrected chi connectivity index (χ0v) is 14.8. The number of thiophene rings is 1. The van der Waals surface area contributed by atoms with Gasteiger partial charge in [0.25, 0.3) is 5.91 Å². The summed E-state index contributed by atoms with van der Waals surface area (Å²) in [6.45, 7) is 2.88. The molecule has 0 fully saturated rings. The van der Waals surface area contributed by atoms with Crippen molar-refractivity contribution in [2.45, 2.75) is 39.0 Å². The molecule has 7 heteroatoms. The highest BCUT2D eigenvalue weighted by Crippen LogP contribution is 2.18. The van der Waals surface area contributed by atoms with E-state index < -0.39 is 0 Å². The lowest BCUT2D eigenvalue weighted by Crippen LogP contribution is -2.26. The molecule has 2 rings (SSSR count). The second-order valence-corrected chi connectivity index (χ2v) is 6.97. The minimum absolute atomic E-state index is 0.0251. The number of aromatic nitrogens is 1. The Morgan fingerprint density at radius 2 is 2.09 bits per heavy atom. The molecule has 0 aliphatic rings. The van der Waals surface area contributed by atoms with Crippen molar-refractivity contribution < 1.29 is 9.59 Å². The normalized spacial score (nSPS) is 10.5. The lowest BCUT2D eigenvalue weighted by Gasteiger charge is -2.03. The van der Waals surface area contributed by atoms with Gasteiger partial charge in [0.2, 0.25) is 5.91 Å². The number of rotatable bonds is 9. The van der Waals surface area contributed by atoms with Crippen LogP contribution in [0.4, 0.5) is 5.13 Å². The Bertz CT molecular complexity index is 623. The predicted molar refractivity (Wildman–Crippen MR) is 95.2 cm³/mol. The molecular weight excluding hydrogens is 330 g/mol. The van der Waals surface area contributed by atoms with E-state index >= 15 is 0 Å². The van der Waals surface area contributed by atoms with E-state index in [0.29, 0.717) is 22.2 Å². The second-order valence-electron chi connectivity index (χ2n) is 5.16. The Labute approximate surface area is 144 Å². The number of thiazole rings is 1. The fourth-order valence-corrected chi connectivity index (χ4v) is 3.34. The van der Waals surface area contributed by atoms with Gasteiger partial charge >= 0.3 is 0 Å². The van der Waals surface area contributed by atoms with E-state index in [1.165, 1.54) is 35.5 Å². The number of nitrogens with zero attached hydrogens (tertiary/aromatic N) is 1. The Morgan fingerprint density at radius 1 is 1.22 bits per heavy atom. The lowest BCUT2D eigenvalue weighted by atomic mass is 10.2. The van der Waals surface area contributed by atoms with Crippen LogP contribution in [-0.2, 0) is 11.2 Å². The molecule has 2 heterocycles. The average Bonchev–Trinajstić information content (AvgIpc) is 3.19. The highest BCUT2D eigenvalue weighted by atomic mass is 32.1. The molecule has 0 bridgehead atoms. The van der Waals surface area contributed by atoms with E-state index in [4.69, 9.17) is 0 Å². The van der Waals surface area contributed by atoms with Crippen LogP contribution in [0.2, 0.25) is 0 Å². The Morgan fingerprint density at radius 3 is 2.83 bits per heavy atom. The smallest absolute Gasteiger partial charge is 0.267 e. The number of unbranched alkanes of at least 4 members (excludes halogenated alkanes) is 3. The molecule has 0 aliphatic carbocycles. The maximum atomic E-state index is 11.9. The molecule has 23 heavy (non-hydrogen) atoms. The third kappa shape index (κ3) is 6.11. The van der Waals surface area contributed by atoms with Gasteiger partial charge in [0.15, 0.2) is 5.13 Å². The quantitative estimate of drug-likeness (QED) is 0.677. The van der Waals surface area contributed by atoms with E-state index in [1.807, 2.05) is 11.4 Å². The monoisotopic (exact) mass is 351 g/mol. The summed E-state index contributed by atoms with van der Waals surface area (Å²) < 4.78 is 0. The summed E-state index contributed by atoms with van der Waals surface area (Å²) >= 11 is 2.72. The molecule has 0 saturated heterocycles. The predicted octanol–water partition coefficient (Wildman–Crippen LogP) is 3.70. The third-order valence-electron chi connectivity index (χ3n) is 3.21. The topological polar surface area (TPSA) is 71.1 Å². The Balaban J connectivity index is 1.74. The molecule has 2 amide bonds. The zero-order chi connectivity index (χ0) is 16.5. The van der Waals surface area contributed by atoms with Crippen LogP contribution < -0.4 is 10.6 Å². The van der Waals surface area contributed by atoms with Gasteiger partial charge in [-0.15, -0.1) is 22.7 Å². The molecule has 0 aliphatic heterocycles. The highest BCUT2D eigenvalue weighted by Gasteiger charge is 2.11. The Hall–Kier alpha value is -1.73. The van der Waals surface area contributed by atoms with Crippen molar-refractivity contribution in [3.63, 3.8) is 0 Å². The standard InChI is InChI=1S/C16H21N3O2S2/c1-2-3-4-5-8-17-14(20)10-12-11-23-16(18-12)19-15(21)13-7-6-9-22-13/h6-7,9,11H,2-5,8,10H2,1H3,(H,17,20)(H,18,19,21). The van der Waals surface area contributed by atoms with Gasteiger partial charge in [0.1, 0.15) is 0 Å². The summed E-state index contributed by atoms with van der Waals surface area (Å²) in [7, 11) is 0. The number of carbonyl (C=O) groups is 2. The molecule has 0 unspecified atom stereocenters. The minimum atomic E-state index is -0.165. The van der Waals surface area contributed by atoms with Crippen LogP contribution in [0.25, 0.3) is 0 Å². The molecule has 124 valence electrons. The van der Waals surface area contributed by atoms with E-state index in [1.54, 1.807) is 11.4 Å². The average molecular weight is 351 g/mol. The zero-order valence-electron chi connectivity index (χ0n) is 13.1. The molecule has 0 saturated carbocycles. The van der Waals surface area contributed by atoms with Gasteiger partial charge in [-0.3, -0.25) is 14.9 Å². The van der Waals surface area contributed by atoms with Crippen LogP contribution in [0.1, 0.15) is 48.0 Å². The molecule has 0 aromatic carbocycles. The Kier molecular flexibility index (Phi) is 7.22. The third-order valence-corrected chi connectivity index (χ3v) is 4.89. The van der Waals surface area contributed by atoms with E-state index in [-0.39, 0.29) is 18.2 Å². The molecule has 0 atom stereocenters. The number of nitrogens with one attached hydrogen (secondary N) is 2. The number of hydrogen-bond donors (Lipinski definition) is 2. The molecule has 0 radical (unpaired) electrons. The van der Waals surface area contributed by atoms with Crippen LogP contribution >= 0.6 is 22.7 Å². The van der Waals surface area contributed by atoms with Crippen molar-refractivity contribution in [3.05, 3.63) is 33.5 Å². The summed E-state index contributed by atoms with van der Waals surface area (Å²) in [6, 6.07) is 3.60. The van der Waals surface area contributed by atoms with Crippen LogP contribution in [0.3, 0.4) is 0 Å². The van der Waals surface area contributed by atoms with E-state index in [0.717, 1.165) is 12.8 Å². The molecule has 0 spiro atoms. The van der Waals surface area contributed by atoms with Crippen molar-refractivity contribution in [1.82, 2.24) is 10.3 Å². The maximum Gasteiger partial charge on any atom is 0.267 e. The van der Waals surface area contributed by atoms with Gasteiger partial charge in [-0.2, -0.15) is 0 Å². The van der Waals surface area contributed by atoms with Crippen LogP contribution in [0.15, 0.2) is 22.9 Å². The van der Waals surface area contributed by atoms with Crippen molar-refractivity contribution in [2.75, 3.05) is 11.9 Å². The molecular formula is C16H21N3O2S2. The van der Waals surface area contributed by atoms with Crippen molar-refractivity contribution in [3.8, 4) is 0 Å². The summed E-state index contributed by atoms with van der Waals surface area (Å²) in [5.41, 5.74) is 0.683. The van der Waals surface area contributed by atoms with E-state index in [2.05, 4.69) is 22.5 Å². The number of anilines is 1. The molecule has 2 N–H and O–H groups in total. The lowest BCUT2D eigenvalue weighted by molar-refractivity contribution is -0.120. The van der Waals surface area contributed by atoms with Crippen LogP contribution in [0, 0.1) is 0 Å². The molecule has 5 nitrogen and oxygen atoms in total.